The predicted molar refractivity (Wildman–Crippen MR) is 57.2 cm³/mol. The maximum Gasteiger partial charge on any atom is 0.396 e. The first-order chi connectivity index (χ1) is 7.59. The maximum absolute atomic E-state index is 10.7. The molecule has 0 amide bonds. The highest BCUT2D eigenvalue weighted by Crippen LogP contribution is 2.31. The van der Waals surface area contributed by atoms with Crippen LogP contribution in [-0.4, -0.2) is 24.0 Å². The van der Waals surface area contributed by atoms with Crippen molar-refractivity contribution >= 4 is 17.6 Å². The lowest BCUT2D eigenvalue weighted by molar-refractivity contribution is -0.392. The van der Waals surface area contributed by atoms with E-state index in [2.05, 4.69) is 9.97 Å². The van der Waals surface area contributed by atoms with Crippen LogP contribution in [0.2, 0.25) is 0 Å². The summed E-state index contributed by atoms with van der Waals surface area (Å²) in [7, 11) is 3.54. The number of hydrogen-bond donors (Lipinski definition) is 0. The number of nitrogens with zero attached hydrogens (tertiary/aromatic N) is 5. The van der Waals surface area contributed by atoms with Gasteiger partial charge in [-0.25, -0.2) is 4.98 Å². The summed E-state index contributed by atoms with van der Waals surface area (Å²) in [6.45, 7) is 0. The Hall–Kier alpha value is -1.83. The van der Waals surface area contributed by atoms with E-state index in [0.29, 0.717) is 10.2 Å². The molecule has 0 N–H and O–H groups in total. The van der Waals surface area contributed by atoms with Gasteiger partial charge in [0.05, 0.1) is 0 Å². The summed E-state index contributed by atoms with van der Waals surface area (Å²) in [4.78, 5) is 18.1. The SMILES string of the molecule is Cn1ccnc1Sc1c([N+](=O)[O-])ncn1C. The van der Waals surface area contributed by atoms with E-state index in [9.17, 15) is 10.1 Å². The van der Waals surface area contributed by atoms with Crippen molar-refractivity contribution in [3.05, 3.63) is 28.8 Å². The van der Waals surface area contributed by atoms with Gasteiger partial charge >= 0.3 is 5.82 Å². The number of imidazole rings is 2. The summed E-state index contributed by atoms with van der Waals surface area (Å²) in [6.07, 6.45) is 4.85. The molecule has 84 valence electrons. The van der Waals surface area contributed by atoms with E-state index in [1.54, 1.807) is 28.6 Å². The largest absolute Gasteiger partial charge is 0.396 e. The molecule has 2 aromatic heterocycles. The molecule has 0 saturated carbocycles. The summed E-state index contributed by atoms with van der Waals surface area (Å²) in [5.74, 6) is -0.143. The standard InChI is InChI=1S/C8H9N5O2S/c1-11-4-3-9-8(11)16-7-6(13(14)15)10-5-12(7)2/h3-5H,1-2H3. The summed E-state index contributed by atoms with van der Waals surface area (Å²) in [6, 6.07) is 0. The zero-order valence-electron chi connectivity index (χ0n) is 8.69. The summed E-state index contributed by atoms with van der Waals surface area (Å²) >= 11 is 1.22. The van der Waals surface area contributed by atoms with Crippen molar-refractivity contribution in [2.45, 2.75) is 10.2 Å². The lowest BCUT2D eigenvalue weighted by atomic mass is 10.8. The average molecular weight is 239 g/mol. The van der Waals surface area contributed by atoms with Crippen LogP contribution in [0.3, 0.4) is 0 Å². The summed E-state index contributed by atoms with van der Waals surface area (Å²) < 4.78 is 3.40. The van der Waals surface area contributed by atoms with Crippen LogP contribution in [0.25, 0.3) is 0 Å². The Morgan fingerprint density at radius 3 is 2.69 bits per heavy atom. The molecule has 0 spiro atoms. The molecule has 0 aliphatic carbocycles. The van der Waals surface area contributed by atoms with Crippen LogP contribution in [0.5, 0.6) is 0 Å². The van der Waals surface area contributed by atoms with Gasteiger partial charge in [-0.15, -0.1) is 0 Å². The predicted octanol–water partition coefficient (Wildman–Crippen LogP) is 1.21. The minimum Gasteiger partial charge on any atom is -0.358 e. The minimum absolute atomic E-state index is 0.143. The molecule has 8 heteroatoms. The van der Waals surface area contributed by atoms with Crippen molar-refractivity contribution < 1.29 is 4.92 Å². The first-order valence-electron chi connectivity index (χ1n) is 4.40. The number of nitro groups is 1. The van der Waals surface area contributed by atoms with Gasteiger partial charge in [0, 0.05) is 26.5 Å². The number of aromatic nitrogens is 4. The van der Waals surface area contributed by atoms with Crippen LogP contribution in [0.15, 0.2) is 28.9 Å². The summed E-state index contributed by atoms with van der Waals surface area (Å²) in [5.41, 5.74) is 0. The first-order valence-corrected chi connectivity index (χ1v) is 5.22. The van der Waals surface area contributed by atoms with Gasteiger partial charge in [-0.05, 0) is 21.7 Å². The number of aryl methyl sites for hydroxylation is 2. The molecule has 0 unspecified atom stereocenters. The quantitative estimate of drug-likeness (QED) is 0.594. The highest BCUT2D eigenvalue weighted by atomic mass is 32.2. The van der Waals surface area contributed by atoms with Gasteiger partial charge in [-0.3, -0.25) is 0 Å². The molecule has 2 heterocycles. The second kappa shape index (κ2) is 3.97. The van der Waals surface area contributed by atoms with Crippen LogP contribution < -0.4 is 0 Å². The van der Waals surface area contributed by atoms with Crippen molar-refractivity contribution in [2.24, 2.45) is 14.1 Å². The van der Waals surface area contributed by atoms with Crippen molar-refractivity contribution in [2.75, 3.05) is 0 Å². The van der Waals surface area contributed by atoms with Gasteiger partial charge in [0.1, 0.15) is 0 Å². The Morgan fingerprint density at radius 2 is 2.12 bits per heavy atom. The molecule has 7 nitrogen and oxygen atoms in total. The molecular weight excluding hydrogens is 230 g/mol. The van der Waals surface area contributed by atoms with Gasteiger partial charge in [0.2, 0.25) is 6.33 Å². The third-order valence-corrected chi connectivity index (χ3v) is 3.24. The van der Waals surface area contributed by atoms with Crippen molar-refractivity contribution in [1.29, 1.82) is 0 Å². The van der Waals surface area contributed by atoms with Crippen LogP contribution in [-0.2, 0) is 14.1 Å². The maximum atomic E-state index is 10.7. The second-order valence-corrected chi connectivity index (χ2v) is 4.12. The van der Waals surface area contributed by atoms with Crippen LogP contribution >= 0.6 is 11.8 Å². The molecular formula is C8H9N5O2S. The van der Waals surface area contributed by atoms with Gasteiger partial charge in [-0.1, -0.05) is 0 Å². The van der Waals surface area contributed by atoms with Crippen molar-refractivity contribution in [1.82, 2.24) is 19.1 Å². The zero-order chi connectivity index (χ0) is 11.7. The van der Waals surface area contributed by atoms with Gasteiger partial charge < -0.3 is 19.2 Å². The third kappa shape index (κ3) is 1.78. The Kier molecular flexibility index (Phi) is 2.65. The normalized spacial score (nSPS) is 10.6. The molecule has 0 bridgehead atoms. The van der Waals surface area contributed by atoms with Crippen LogP contribution in [0.4, 0.5) is 5.82 Å². The Balaban J connectivity index is 2.38. The smallest absolute Gasteiger partial charge is 0.358 e. The molecule has 2 rings (SSSR count). The monoisotopic (exact) mass is 239 g/mol. The Morgan fingerprint density at radius 1 is 1.38 bits per heavy atom. The molecule has 0 atom stereocenters. The van der Waals surface area contributed by atoms with E-state index in [-0.39, 0.29) is 5.82 Å². The highest BCUT2D eigenvalue weighted by Gasteiger charge is 2.22. The molecule has 16 heavy (non-hydrogen) atoms. The van der Waals surface area contributed by atoms with Crippen molar-refractivity contribution in [3.8, 4) is 0 Å². The Bertz CT molecular complexity index is 532. The van der Waals surface area contributed by atoms with E-state index >= 15 is 0 Å². The van der Waals surface area contributed by atoms with Crippen LogP contribution in [0.1, 0.15) is 0 Å². The third-order valence-electron chi connectivity index (χ3n) is 2.00. The van der Waals surface area contributed by atoms with E-state index in [1.807, 2.05) is 7.05 Å². The fraction of sp³-hybridized carbons (Fsp3) is 0.250. The number of hydrogen-bond acceptors (Lipinski definition) is 5. The summed E-state index contributed by atoms with van der Waals surface area (Å²) in [5, 5.41) is 11.9. The highest BCUT2D eigenvalue weighted by molar-refractivity contribution is 7.99. The zero-order valence-corrected chi connectivity index (χ0v) is 9.51. The van der Waals surface area contributed by atoms with Gasteiger partial charge in [-0.2, -0.15) is 0 Å². The lowest BCUT2D eigenvalue weighted by Gasteiger charge is -2.01. The molecule has 0 saturated heterocycles. The molecule has 0 aliphatic rings. The molecule has 2 aromatic rings. The van der Waals surface area contributed by atoms with Crippen molar-refractivity contribution in [3.63, 3.8) is 0 Å². The fourth-order valence-corrected chi connectivity index (χ4v) is 2.09. The minimum atomic E-state index is -0.495. The van der Waals surface area contributed by atoms with E-state index < -0.39 is 4.92 Å². The fourth-order valence-electron chi connectivity index (χ4n) is 1.19. The van der Waals surface area contributed by atoms with E-state index in [4.69, 9.17) is 0 Å². The topological polar surface area (TPSA) is 78.8 Å². The molecule has 0 aromatic carbocycles. The molecule has 0 fully saturated rings. The first kappa shape index (κ1) is 10.7. The van der Waals surface area contributed by atoms with Crippen LogP contribution in [0, 0.1) is 10.1 Å². The van der Waals surface area contributed by atoms with Gasteiger partial charge in [0.25, 0.3) is 0 Å². The van der Waals surface area contributed by atoms with Gasteiger partial charge in [0.15, 0.2) is 10.2 Å². The lowest BCUT2D eigenvalue weighted by Crippen LogP contribution is -1.96. The molecule has 0 radical (unpaired) electrons. The number of rotatable bonds is 3. The molecule has 0 aliphatic heterocycles. The Labute approximate surface area is 95.3 Å². The average Bonchev–Trinajstić information content (AvgIpc) is 2.76. The van der Waals surface area contributed by atoms with E-state index in [0.717, 1.165) is 0 Å². The van der Waals surface area contributed by atoms with E-state index in [1.165, 1.54) is 18.1 Å². The second-order valence-electron chi connectivity index (χ2n) is 3.16.